The molecular weight excluding hydrogens is 271 g/mol. The van der Waals surface area contributed by atoms with Crippen LogP contribution in [0, 0.1) is 17.1 Å². The molecule has 0 aliphatic heterocycles. The molecule has 19 heavy (non-hydrogen) atoms. The Kier molecular flexibility index (Phi) is 3.78. The van der Waals surface area contributed by atoms with E-state index in [1.54, 1.807) is 0 Å². The lowest BCUT2D eigenvalue weighted by molar-refractivity contribution is 0.361. The zero-order valence-electron chi connectivity index (χ0n) is 9.68. The van der Waals surface area contributed by atoms with Crippen molar-refractivity contribution in [1.29, 1.82) is 5.26 Å². The minimum absolute atomic E-state index is 0.00761. The quantitative estimate of drug-likeness (QED) is 0.806. The molecule has 0 N–H and O–H groups in total. The molecule has 0 radical (unpaired) electrons. The molecule has 2 rings (SSSR count). The van der Waals surface area contributed by atoms with Gasteiger partial charge in [-0.15, -0.1) is 0 Å². The molecule has 1 aromatic carbocycles. The van der Waals surface area contributed by atoms with Crippen molar-refractivity contribution in [2.75, 3.05) is 6.61 Å². The Morgan fingerprint density at radius 2 is 2.42 bits per heavy atom. The lowest BCUT2D eigenvalue weighted by Crippen LogP contribution is -2.04. The van der Waals surface area contributed by atoms with Crippen LogP contribution >= 0.6 is 11.6 Å². The third-order valence-corrected chi connectivity index (χ3v) is 2.61. The summed E-state index contributed by atoms with van der Waals surface area (Å²) in [7, 11) is 0. The van der Waals surface area contributed by atoms with E-state index in [2.05, 4.69) is 16.7 Å². The highest BCUT2D eigenvalue weighted by Crippen LogP contribution is 2.35. The third-order valence-electron chi connectivity index (χ3n) is 2.26. The first-order valence-electron chi connectivity index (χ1n) is 5.19. The lowest BCUT2D eigenvalue weighted by atomic mass is 10.2. The minimum Gasteiger partial charge on any atom is -0.486 e. The Morgan fingerprint density at radius 1 is 1.63 bits per heavy atom. The standard InChI is InChI=1S/C12H8ClFN4O/c1-2-3-19-12-8(5-15)4-9(14)11(10(12)13)18-7-16-6-17-18/h2,4,6-7H,1,3H2. The number of ether oxygens (including phenoxy) is 1. The molecule has 0 aliphatic rings. The smallest absolute Gasteiger partial charge is 0.158 e. The average Bonchev–Trinajstić information content (AvgIpc) is 2.91. The number of hydrogen-bond acceptors (Lipinski definition) is 4. The van der Waals surface area contributed by atoms with Crippen LogP contribution in [0.1, 0.15) is 5.56 Å². The number of rotatable bonds is 4. The van der Waals surface area contributed by atoms with Gasteiger partial charge < -0.3 is 4.74 Å². The molecular formula is C12H8ClFN4O. The molecule has 0 bridgehead atoms. The molecule has 0 saturated carbocycles. The fourth-order valence-corrected chi connectivity index (χ4v) is 1.82. The minimum atomic E-state index is -0.682. The van der Waals surface area contributed by atoms with Crippen molar-refractivity contribution in [3.05, 3.63) is 47.8 Å². The lowest BCUT2D eigenvalue weighted by Gasteiger charge is -2.12. The molecule has 0 spiro atoms. The van der Waals surface area contributed by atoms with Crippen molar-refractivity contribution in [1.82, 2.24) is 14.8 Å². The highest BCUT2D eigenvalue weighted by molar-refractivity contribution is 6.34. The second kappa shape index (κ2) is 5.50. The molecule has 96 valence electrons. The summed E-state index contributed by atoms with van der Waals surface area (Å²) < 4.78 is 20.4. The molecule has 5 nitrogen and oxygen atoms in total. The molecule has 0 atom stereocenters. The summed E-state index contributed by atoms with van der Waals surface area (Å²) in [6, 6.07) is 2.87. The van der Waals surface area contributed by atoms with Crippen LogP contribution < -0.4 is 4.74 Å². The first-order valence-corrected chi connectivity index (χ1v) is 5.57. The number of benzene rings is 1. The molecule has 7 heteroatoms. The summed E-state index contributed by atoms with van der Waals surface area (Å²) in [6.07, 6.45) is 4.04. The Morgan fingerprint density at radius 3 is 3.00 bits per heavy atom. The van der Waals surface area contributed by atoms with E-state index in [0.717, 1.165) is 6.07 Å². The van der Waals surface area contributed by atoms with E-state index in [1.165, 1.54) is 23.4 Å². The van der Waals surface area contributed by atoms with E-state index in [1.807, 2.05) is 6.07 Å². The highest BCUT2D eigenvalue weighted by atomic mass is 35.5. The number of nitrogens with zero attached hydrogens (tertiary/aromatic N) is 4. The van der Waals surface area contributed by atoms with E-state index < -0.39 is 5.82 Å². The van der Waals surface area contributed by atoms with Crippen LogP contribution in [0.2, 0.25) is 5.02 Å². The van der Waals surface area contributed by atoms with Crippen molar-refractivity contribution >= 4 is 11.6 Å². The third kappa shape index (κ3) is 2.41. The summed E-state index contributed by atoms with van der Waals surface area (Å²) in [6.45, 7) is 3.65. The Bertz CT molecular complexity index is 649. The van der Waals surface area contributed by atoms with E-state index in [4.69, 9.17) is 21.6 Å². The summed E-state index contributed by atoms with van der Waals surface area (Å²) in [4.78, 5) is 3.72. The molecule has 1 aromatic heterocycles. The first-order chi connectivity index (χ1) is 9.19. The van der Waals surface area contributed by atoms with Gasteiger partial charge in [0.25, 0.3) is 0 Å². The van der Waals surface area contributed by atoms with Gasteiger partial charge >= 0.3 is 0 Å². The van der Waals surface area contributed by atoms with Crippen LogP contribution in [0.25, 0.3) is 5.69 Å². The second-order valence-electron chi connectivity index (χ2n) is 3.45. The topological polar surface area (TPSA) is 63.7 Å². The molecule has 0 amide bonds. The fraction of sp³-hybridized carbons (Fsp3) is 0.0833. The van der Waals surface area contributed by atoms with Gasteiger partial charge in [-0.2, -0.15) is 10.4 Å². The van der Waals surface area contributed by atoms with E-state index in [-0.39, 0.29) is 28.6 Å². The molecule has 0 saturated heterocycles. The van der Waals surface area contributed by atoms with E-state index in [0.29, 0.717) is 0 Å². The van der Waals surface area contributed by atoms with Crippen LogP contribution in [-0.2, 0) is 0 Å². The maximum atomic E-state index is 14.0. The van der Waals surface area contributed by atoms with Gasteiger partial charge in [-0.25, -0.2) is 14.1 Å². The highest BCUT2D eigenvalue weighted by Gasteiger charge is 2.20. The number of hydrogen-bond donors (Lipinski definition) is 0. The van der Waals surface area contributed by atoms with Gasteiger partial charge in [0, 0.05) is 0 Å². The molecule has 2 aromatic rings. The fourth-order valence-electron chi connectivity index (χ4n) is 1.49. The Balaban J connectivity index is 2.63. The van der Waals surface area contributed by atoms with Gasteiger partial charge in [-0.1, -0.05) is 24.3 Å². The predicted molar refractivity (Wildman–Crippen MR) is 66.7 cm³/mol. The van der Waals surface area contributed by atoms with Crippen LogP contribution in [0.5, 0.6) is 5.75 Å². The van der Waals surface area contributed by atoms with E-state index in [9.17, 15) is 4.39 Å². The first kappa shape index (κ1) is 13.1. The summed E-state index contributed by atoms with van der Waals surface area (Å²) in [5, 5.41) is 12.7. The second-order valence-corrected chi connectivity index (χ2v) is 3.83. The normalized spacial score (nSPS) is 9.95. The number of halogens is 2. The van der Waals surface area contributed by atoms with Gasteiger partial charge in [-0.05, 0) is 6.07 Å². The Labute approximate surface area is 113 Å². The van der Waals surface area contributed by atoms with Gasteiger partial charge in [0.1, 0.15) is 36.0 Å². The van der Waals surface area contributed by atoms with Gasteiger partial charge in [0.05, 0.1) is 5.56 Å². The van der Waals surface area contributed by atoms with Crippen molar-refractivity contribution in [2.45, 2.75) is 0 Å². The van der Waals surface area contributed by atoms with Crippen LogP contribution in [-0.4, -0.2) is 21.4 Å². The SMILES string of the molecule is C=CCOc1c(C#N)cc(F)c(-n2cncn2)c1Cl. The van der Waals surface area contributed by atoms with Crippen LogP contribution in [0.15, 0.2) is 31.4 Å². The predicted octanol–water partition coefficient (Wildman–Crippen LogP) is 2.50. The molecule has 0 unspecified atom stereocenters. The number of nitriles is 1. The number of aromatic nitrogens is 3. The maximum Gasteiger partial charge on any atom is 0.158 e. The monoisotopic (exact) mass is 278 g/mol. The zero-order valence-corrected chi connectivity index (χ0v) is 10.4. The van der Waals surface area contributed by atoms with Gasteiger partial charge in [-0.3, -0.25) is 0 Å². The van der Waals surface area contributed by atoms with Crippen LogP contribution in [0.4, 0.5) is 4.39 Å². The van der Waals surface area contributed by atoms with Crippen molar-refractivity contribution < 1.29 is 9.13 Å². The van der Waals surface area contributed by atoms with Gasteiger partial charge in [0.2, 0.25) is 0 Å². The van der Waals surface area contributed by atoms with Crippen molar-refractivity contribution in [3.8, 4) is 17.5 Å². The molecule has 0 fully saturated rings. The Hall–Kier alpha value is -2.39. The van der Waals surface area contributed by atoms with Gasteiger partial charge in [0.15, 0.2) is 11.6 Å². The van der Waals surface area contributed by atoms with Crippen LogP contribution in [0.3, 0.4) is 0 Å². The van der Waals surface area contributed by atoms with Crippen molar-refractivity contribution in [3.63, 3.8) is 0 Å². The zero-order chi connectivity index (χ0) is 13.8. The molecule has 0 aliphatic carbocycles. The average molecular weight is 279 g/mol. The largest absolute Gasteiger partial charge is 0.486 e. The maximum absolute atomic E-state index is 14.0. The summed E-state index contributed by atoms with van der Waals surface area (Å²) >= 11 is 6.09. The summed E-state index contributed by atoms with van der Waals surface area (Å²) in [5.41, 5.74) is -0.00885. The molecule has 1 heterocycles. The summed E-state index contributed by atoms with van der Waals surface area (Å²) in [5.74, 6) is -0.589. The van der Waals surface area contributed by atoms with E-state index >= 15 is 0 Å². The van der Waals surface area contributed by atoms with Crippen molar-refractivity contribution in [2.24, 2.45) is 0 Å².